The maximum atomic E-state index is 3.46. The molecular weight excluding hydrogens is 224 g/mol. The van der Waals surface area contributed by atoms with Crippen molar-refractivity contribution < 1.29 is 0 Å². The Morgan fingerprint density at radius 2 is 2.00 bits per heavy atom. The minimum absolute atomic E-state index is 1.00. The lowest BCUT2D eigenvalue weighted by molar-refractivity contribution is 0.356. The summed E-state index contributed by atoms with van der Waals surface area (Å²) in [6.07, 6.45) is 12.3. The lowest BCUT2D eigenvalue weighted by Gasteiger charge is -2.21. The van der Waals surface area contributed by atoms with E-state index in [2.05, 4.69) is 28.9 Å². The summed E-state index contributed by atoms with van der Waals surface area (Å²) in [4.78, 5) is 0. The van der Waals surface area contributed by atoms with Crippen molar-refractivity contribution in [3.63, 3.8) is 0 Å². The van der Waals surface area contributed by atoms with E-state index in [4.69, 9.17) is 0 Å². The number of hydrogen-bond donors (Lipinski definition) is 0. The first kappa shape index (κ1) is 11.3. The van der Waals surface area contributed by atoms with Crippen LogP contribution in [0, 0.1) is 5.92 Å². The molecule has 0 spiro atoms. The summed E-state index contributed by atoms with van der Waals surface area (Å²) >= 11 is 3.46. The third kappa shape index (κ3) is 4.85. The molecule has 1 aliphatic carbocycles. The van der Waals surface area contributed by atoms with Crippen molar-refractivity contribution in [3.8, 4) is 0 Å². The van der Waals surface area contributed by atoms with Gasteiger partial charge in [0.1, 0.15) is 0 Å². The largest absolute Gasteiger partial charge is 0.0925 e. The highest BCUT2D eigenvalue weighted by molar-refractivity contribution is 9.09. The first-order valence-corrected chi connectivity index (χ1v) is 6.66. The highest BCUT2D eigenvalue weighted by Gasteiger charge is 2.12. The van der Waals surface area contributed by atoms with Gasteiger partial charge in [0.25, 0.3) is 0 Å². The van der Waals surface area contributed by atoms with Gasteiger partial charge in [-0.1, -0.05) is 59.7 Å². The molecule has 1 fully saturated rings. The van der Waals surface area contributed by atoms with E-state index in [0.29, 0.717) is 0 Å². The second kappa shape index (κ2) is 6.64. The molecule has 13 heavy (non-hydrogen) atoms. The molecule has 0 aliphatic heterocycles. The lowest BCUT2D eigenvalue weighted by atomic mass is 9.85. The third-order valence-corrected chi connectivity index (χ3v) is 3.40. The second-order valence-corrected chi connectivity index (χ2v) is 5.03. The smallest absolute Gasteiger partial charge is 0.00660 e. The SMILES string of the molecule is CC(=CCCBr)CC1CCCCC1. The average Bonchev–Trinajstić information content (AvgIpc) is 2.16. The maximum Gasteiger partial charge on any atom is 0.00660 e. The zero-order valence-corrected chi connectivity index (χ0v) is 10.3. The molecule has 0 amide bonds. The van der Waals surface area contributed by atoms with E-state index in [1.54, 1.807) is 5.57 Å². The van der Waals surface area contributed by atoms with Crippen molar-refractivity contribution in [2.45, 2.75) is 51.9 Å². The van der Waals surface area contributed by atoms with Gasteiger partial charge in [-0.15, -0.1) is 0 Å². The van der Waals surface area contributed by atoms with Crippen LogP contribution in [-0.2, 0) is 0 Å². The number of hydrogen-bond acceptors (Lipinski definition) is 0. The third-order valence-electron chi connectivity index (χ3n) is 2.94. The second-order valence-electron chi connectivity index (χ2n) is 4.24. The molecule has 0 nitrogen and oxygen atoms in total. The van der Waals surface area contributed by atoms with Crippen LogP contribution in [0.2, 0.25) is 0 Å². The Morgan fingerprint density at radius 1 is 1.31 bits per heavy atom. The van der Waals surface area contributed by atoms with Gasteiger partial charge >= 0.3 is 0 Å². The monoisotopic (exact) mass is 244 g/mol. The van der Waals surface area contributed by atoms with Crippen molar-refractivity contribution in [3.05, 3.63) is 11.6 Å². The summed E-state index contributed by atoms with van der Waals surface area (Å²) < 4.78 is 0. The van der Waals surface area contributed by atoms with Gasteiger partial charge in [-0.3, -0.25) is 0 Å². The molecule has 0 aromatic carbocycles. The Hall–Kier alpha value is 0.220. The molecule has 0 bridgehead atoms. The van der Waals surface area contributed by atoms with Crippen molar-refractivity contribution in [2.24, 2.45) is 5.92 Å². The predicted molar refractivity (Wildman–Crippen MR) is 63.4 cm³/mol. The Bertz CT molecular complexity index is 155. The number of halogens is 1. The van der Waals surface area contributed by atoms with Crippen LogP contribution in [0.25, 0.3) is 0 Å². The lowest BCUT2D eigenvalue weighted by Crippen LogP contribution is -2.06. The normalized spacial score (nSPS) is 20.6. The summed E-state index contributed by atoms with van der Waals surface area (Å²) in [6.45, 7) is 2.29. The van der Waals surface area contributed by atoms with E-state index >= 15 is 0 Å². The van der Waals surface area contributed by atoms with Crippen LogP contribution in [0.15, 0.2) is 11.6 Å². The van der Waals surface area contributed by atoms with E-state index in [9.17, 15) is 0 Å². The van der Waals surface area contributed by atoms with Crippen LogP contribution in [0.1, 0.15) is 51.9 Å². The fourth-order valence-electron chi connectivity index (χ4n) is 2.23. The van der Waals surface area contributed by atoms with Crippen LogP contribution in [0.3, 0.4) is 0 Å². The van der Waals surface area contributed by atoms with Gasteiger partial charge in [-0.25, -0.2) is 0 Å². The van der Waals surface area contributed by atoms with Crippen molar-refractivity contribution in [1.82, 2.24) is 0 Å². The van der Waals surface area contributed by atoms with Crippen molar-refractivity contribution in [2.75, 3.05) is 5.33 Å². The van der Waals surface area contributed by atoms with Gasteiger partial charge in [0.2, 0.25) is 0 Å². The molecule has 1 heteroatoms. The molecular formula is C12H21Br. The number of allylic oxidation sites excluding steroid dienone is 2. The molecule has 0 aromatic rings. The van der Waals surface area contributed by atoms with E-state index in [0.717, 1.165) is 11.2 Å². The zero-order valence-electron chi connectivity index (χ0n) is 8.69. The molecule has 0 heterocycles. The van der Waals surface area contributed by atoms with E-state index < -0.39 is 0 Å². The first-order chi connectivity index (χ1) is 6.33. The Labute approximate surface area is 90.9 Å². The Morgan fingerprint density at radius 3 is 2.62 bits per heavy atom. The summed E-state index contributed by atoms with van der Waals surface area (Å²) in [5, 5.41) is 1.11. The van der Waals surface area contributed by atoms with E-state index in [1.807, 2.05) is 0 Å². The van der Waals surface area contributed by atoms with Gasteiger partial charge in [-0.2, -0.15) is 0 Å². The van der Waals surface area contributed by atoms with Gasteiger partial charge < -0.3 is 0 Å². The summed E-state index contributed by atoms with van der Waals surface area (Å²) in [6, 6.07) is 0. The van der Waals surface area contributed by atoms with E-state index in [-0.39, 0.29) is 0 Å². The number of rotatable bonds is 4. The minimum atomic E-state index is 1.00. The topological polar surface area (TPSA) is 0 Å². The van der Waals surface area contributed by atoms with Crippen LogP contribution >= 0.6 is 15.9 Å². The standard InChI is InChI=1S/C12H21Br/c1-11(6-5-9-13)10-12-7-3-2-4-8-12/h6,12H,2-5,7-10H2,1H3. The summed E-state index contributed by atoms with van der Waals surface area (Å²) in [7, 11) is 0. The van der Waals surface area contributed by atoms with Crippen LogP contribution in [0.4, 0.5) is 0 Å². The Balaban J connectivity index is 2.21. The minimum Gasteiger partial charge on any atom is -0.0925 e. The van der Waals surface area contributed by atoms with Gasteiger partial charge in [0.05, 0.1) is 0 Å². The van der Waals surface area contributed by atoms with Gasteiger partial charge in [-0.05, 0) is 25.7 Å². The predicted octanol–water partition coefficient (Wildman–Crippen LogP) is 4.69. The van der Waals surface area contributed by atoms with Crippen LogP contribution in [-0.4, -0.2) is 5.33 Å². The quantitative estimate of drug-likeness (QED) is 0.498. The summed E-state index contributed by atoms with van der Waals surface area (Å²) in [5.74, 6) is 1.00. The zero-order chi connectivity index (χ0) is 9.52. The molecule has 0 radical (unpaired) electrons. The van der Waals surface area contributed by atoms with Gasteiger partial charge in [0, 0.05) is 5.33 Å². The fraction of sp³-hybridized carbons (Fsp3) is 0.833. The molecule has 1 saturated carbocycles. The molecule has 0 aromatic heterocycles. The molecule has 0 unspecified atom stereocenters. The summed E-state index contributed by atoms with van der Waals surface area (Å²) in [5.41, 5.74) is 1.60. The highest BCUT2D eigenvalue weighted by atomic mass is 79.9. The van der Waals surface area contributed by atoms with Crippen molar-refractivity contribution in [1.29, 1.82) is 0 Å². The molecule has 1 aliphatic rings. The number of alkyl halides is 1. The van der Waals surface area contributed by atoms with E-state index in [1.165, 1.54) is 44.9 Å². The molecule has 0 N–H and O–H groups in total. The average molecular weight is 245 g/mol. The van der Waals surface area contributed by atoms with Crippen LogP contribution < -0.4 is 0 Å². The Kier molecular flexibility index (Phi) is 5.77. The first-order valence-electron chi connectivity index (χ1n) is 5.54. The highest BCUT2D eigenvalue weighted by Crippen LogP contribution is 2.28. The fourth-order valence-corrected chi connectivity index (χ4v) is 2.46. The van der Waals surface area contributed by atoms with Crippen LogP contribution in [0.5, 0.6) is 0 Å². The van der Waals surface area contributed by atoms with Crippen molar-refractivity contribution >= 4 is 15.9 Å². The molecule has 0 atom stereocenters. The molecule has 0 saturated heterocycles. The maximum absolute atomic E-state index is 3.46. The van der Waals surface area contributed by atoms with Gasteiger partial charge in [0.15, 0.2) is 0 Å². The molecule has 76 valence electrons. The molecule has 1 rings (SSSR count).